The number of hydrogen-bond acceptors (Lipinski definition) is 5. The van der Waals surface area contributed by atoms with Crippen LogP contribution in [-0.4, -0.2) is 50.7 Å². The lowest BCUT2D eigenvalue weighted by Gasteiger charge is -2.34. The zero-order valence-corrected chi connectivity index (χ0v) is 17.1. The van der Waals surface area contributed by atoms with Crippen molar-refractivity contribution in [1.29, 1.82) is 0 Å². The maximum Gasteiger partial charge on any atom is 0.328 e. The summed E-state index contributed by atoms with van der Waals surface area (Å²) in [6.07, 6.45) is 2.74. The molecule has 1 amide bonds. The molecule has 1 aliphatic heterocycles. The Labute approximate surface area is 169 Å². The molecule has 28 heavy (non-hydrogen) atoms. The van der Waals surface area contributed by atoms with Crippen LogP contribution in [0.25, 0.3) is 11.4 Å². The molecule has 0 saturated carbocycles. The number of nitrogens with one attached hydrogen (secondary N) is 1. The van der Waals surface area contributed by atoms with Crippen LogP contribution in [0.1, 0.15) is 38.2 Å². The van der Waals surface area contributed by atoms with Crippen molar-refractivity contribution in [2.24, 2.45) is 0 Å². The number of H-pyrrole nitrogens is 1. The van der Waals surface area contributed by atoms with E-state index >= 15 is 0 Å². The van der Waals surface area contributed by atoms with Crippen LogP contribution in [0.3, 0.4) is 0 Å². The van der Waals surface area contributed by atoms with Gasteiger partial charge in [-0.15, -0.1) is 0 Å². The number of rotatable bonds is 6. The standard InChI is InChI=1S/C20H26N4O3S/c1-3-27-19(26)16-6-4-5-12-23(16)17(25)11-13-24-18(21-22-20(24)28)15-9-7-14(2)8-10-15/h7-10,16H,3-6,11-13H2,1-2H3,(H,22,28). The first-order chi connectivity index (χ1) is 13.5. The lowest BCUT2D eigenvalue weighted by Crippen LogP contribution is -2.48. The average molecular weight is 403 g/mol. The highest BCUT2D eigenvalue weighted by Gasteiger charge is 2.32. The molecule has 2 aromatic rings. The Morgan fingerprint density at radius 2 is 2.04 bits per heavy atom. The first-order valence-corrected chi connectivity index (χ1v) is 10.1. The lowest BCUT2D eigenvalue weighted by molar-refractivity contribution is -0.156. The maximum atomic E-state index is 12.9. The summed E-state index contributed by atoms with van der Waals surface area (Å²) >= 11 is 5.35. The van der Waals surface area contributed by atoms with E-state index < -0.39 is 6.04 Å². The fraction of sp³-hybridized carbons (Fsp3) is 0.500. The molecule has 3 rings (SSSR count). The SMILES string of the molecule is CCOC(=O)C1CCCCN1C(=O)CCn1c(-c2ccc(C)cc2)n[nH]c1=S. The zero-order valence-electron chi connectivity index (χ0n) is 16.3. The zero-order chi connectivity index (χ0) is 20.1. The van der Waals surface area contributed by atoms with Gasteiger partial charge < -0.3 is 9.64 Å². The van der Waals surface area contributed by atoms with Crippen molar-refractivity contribution in [1.82, 2.24) is 19.7 Å². The smallest absolute Gasteiger partial charge is 0.328 e. The Hall–Kier alpha value is -2.48. The van der Waals surface area contributed by atoms with Crippen molar-refractivity contribution < 1.29 is 14.3 Å². The summed E-state index contributed by atoms with van der Waals surface area (Å²) in [7, 11) is 0. The van der Waals surface area contributed by atoms with E-state index in [1.807, 2.05) is 35.8 Å². The molecule has 1 aromatic heterocycles. The van der Waals surface area contributed by atoms with E-state index in [1.165, 1.54) is 0 Å². The predicted molar refractivity (Wildman–Crippen MR) is 108 cm³/mol. The summed E-state index contributed by atoms with van der Waals surface area (Å²) in [5.74, 6) is 0.338. The molecule has 1 aliphatic rings. The van der Waals surface area contributed by atoms with Gasteiger partial charge in [-0.1, -0.05) is 29.8 Å². The number of nitrogens with zero attached hydrogens (tertiary/aromatic N) is 3. The lowest BCUT2D eigenvalue weighted by atomic mass is 10.0. The molecule has 7 nitrogen and oxygen atoms in total. The number of benzene rings is 1. The van der Waals surface area contributed by atoms with Crippen molar-refractivity contribution in [3.05, 3.63) is 34.6 Å². The molecule has 1 unspecified atom stereocenters. The molecule has 150 valence electrons. The second kappa shape index (κ2) is 9.14. The topological polar surface area (TPSA) is 80.2 Å². The van der Waals surface area contributed by atoms with E-state index in [0.29, 0.717) is 36.7 Å². The molecule has 0 aliphatic carbocycles. The van der Waals surface area contributed by atoms with Gasteiger partial charge in [-0.25, -0.2) is 4.79 Å². The third-order valence-electron chi connectivity index (χ3n) is 5.00. The Morgan fingerprint density at radius 3 is 2.75 bits per heavy atom. The number of ether oxygens (including phenoxy) is 1. The summed E-state index contributed by atoms with van der Waals surface area (Å²) in [6, 6.07) is 7.52. The fourth-order valence-electron chi connectivity index (χ4n) is 3.51. The minimum Gasteiger partial charge on any atom is -0.464 e. The normalized spacial score (nSPS) is 16.8. The van der Waals surface area contributed by atoms with Gasteiger partial charge in [0.05, 0.1) is 6.61 Å². The van der Waals surface area contributed by atoms with Crippen LogP contribution in [-0.2, 0) is 20.9 Å². The summed E-state index contributed by atoms with van der Waals surface area (Å²) in [5, 5.41) is 7.13. The number of aromatic amines is 1. The monoisotopic (exact) mass is 402 g/mol. The van der Waals surface area contributed by atoms with Crippen LogP contribution in [0.5, 0.6) is 0 Å². The number of piperidine rings is 1. The van der Waals surface area contributed by atoms with Gasteiger partial charge in [-0.05, 0) is 45.3 Å². The van der Waals surface area contributed by atoms with Crippen LogP contribution >= 0.6 is 12.2 Å². The molecule has 0 bridgehead atoms. The van der Waals surface area contributed by atoms with Crippen LogP contribution in [0.2, 0.25) is 0 Å². The van der Waals surface area contributed by atoms with Gasteiger partial charge in [0.2, 0.25) is 5.91 Å². The average Bonchev–Trinajstić information content (AvgIpc) is 3.07. The van der Waals surface area contributed by atoms with Crippen molar-refractivity contribution in [3.63, 3.8) is 0 Å². The largest absolute Gasteiger partial charge is 0.464 e. The van der Waals surface area contributed by atoms with Crippen molar-refractivity contribution in [2.45, 2.75) is 52.1 Å². The molecular weight excluding hydrogens is 376 g/mol. The summed E-state index contributed by atoms with van der Waals surface area (Å²) in [4.78, 5) is 26.7. The fourth-order valence-corrected chi connectivity index (χ4v) is 3.74. The number of amides is 1. The van der Waals surface area contributed by atoms with Crippen LogP contribution < -0.4 is 0 Å². The molecule has 2 heterocycles. The second-order valence-electron chi connectivity index (χ2n) is 6.97. The number of carbonyl (C=O) groups excluding carboxylic acids is 2. The Balaban J connectivity index is 1.72. The van der Waals surface area contributed by atoms with Gasteiger partial charge in [-0.3, -0.25) is 14.5 Å². The minimum absolute atomic E-state index is 0.0595. The Morgan fingerprint density at radius 1 is 1.29 bits per heavy atom. The maximum absolute atomic E-state index is 12.9. The Bertz CT molecular complexity index is 888. The molecule has 1 atom stereocenters. The highest BCUT2D eigenvalue weighted by molar-refractivity contribution is 7.71. The Kier molecular flexibility index (Phi) is 6.61. The summed E-state index contributed by atoms with van der Waals surface area (Å²) in [5.41, 5.74) is 2.10. The van der Waals surface area contributed by atoms with E-state index in [-0.39, 0.29) is 18.3 Å². The molecular formula is C20H26N4O3S. The molecule has 0 radical (unpaired) electrons. The quantitative estimate of drug-likeness (QED) is 0.593. The van der Waals surface area contributed by atoms with Gasteiger partial charge in [0, 0.05) is 25.1 Å². The number of aryl methyl sites for hydroxylation is 1. The summed E-state index contributed by atoms with van der Waals surface area (Å²) < 4.78 is 7.46. The van der Waals surface area contributed by atoms with Crippen LogP contribution in [0, 0.1) is 11.7 Å². The molecule has 1 saturated heterocycles. The molecule has 1 aromatic carbocycles. The van der Waals surface area contributed by atoms with Crippen molar-refractivity contribution in [2.75, 3.05) is 13.2 Å². The molecule has 8 heteroatoms. The van der Waals surface area contributed by atoms with Gasteiger partial charge in [-0.2, -0.15) is 5.10 Å². The third kappa shape index (κ3) is 4.49. The number of carbonyl (C=O) groups is 2. The van der Waals surface area contributed by atoms with E-state index in [0.717, 1.165) is 24.0 Å². The van der Waals surface area contributed by atoms with Crippen molar-refractivity contribution >= 4 is 24.1 Å². The van der Waals surface area contributed by atoms with E-state index in [2.05, 4.69) is 10.2 Å². The van der Waals surface area contributed by atoms with E-state index in [9.17, 15) is 9.59 Å². The molecule has 1 fully saturated rings. The third-order valence-corrected chi connectivity index (χ3v) is 5.31. The second-order valence-corrected chi connectivity index (χ2v) is 7.36. The van der Waals surface area contributed by atoms with Gasteiger partial charge in [0.15, 0.2) is 10.6 Å². The van der Waals surface area contributed by atoms with Crippen LogP contribution in [0.4, 0.5) is 0 Å². The summed E-state index contributed by atoms with van der Waals surface area (Å²) in [6.45, 7) is 5.12. The van der Waals surface area contributed by atoms with E-state index in [4.69, 9.17) is 17.0 Å². The highest BCUT2D eigenvalue weighted by atomic mass is 32.1. The number of aromatic nitrogens is 3. The highest BCUT2D eigenvalue weighted by Crippen LogP contribution is 2.21. The molecule has 1 N–H and O–H groups in total. The van der Waals surface area contributed by atoms with Gasteiger partial charge >= 0.3 is 5.97 Å². The number of likely N-dealkylation sites (tertiary alicyclic amines) is 1. The first-order valence-electron chi connectivity index (χ1n) is 9.69. The number of hydrogen-bond donors (Lipinski definition) is 1. The van der Waals surface area contributed by atoms with Gasteiger partial charge in [0.1, 0.15) is 6.04 Å². The minimum atomic E-state index is -0.477. The van der Waals surface area contributed by atoms with E-state index in [1.54, 1.807) is 11.8 Å². The van der Waals surface area contributed by atoms with Gasteiger partial charge in [0.25, 0.3) is 0 Å². The predicted octanol–water partition coefficient (Wildman–Crippen LogP) is 3.25. The van der Waals surface area contributed by atoms with Crippen LogP contribution in [0.15, 0.2) is 24.3 Å². The molecule has 0 spiro atoms. The number of esters is 1. The van der Waals surface area contributed by atoms with Crippen molar-refractivity contribution in [3.8, 4) is 11.4 Å². The first kappa shape index (κ1) is 20.3.